The van der Waals surface area contributed by atoms with Gasteiger partial charge in [0.2, 0.25) is 6.79 Å². The number of hydrogen-bond acceptors (Lipinski definition) is 5. The third kappa shape index (κ3) is 5.95. The lowest BCUT2D eigenvalue weighted by molar-refractivity contribution is -0.117. The van der Waals surface area contributed by atoms with Gasteiger partial charge in [-0.3, -0.25) is 9.59 Å². The third-order valence-electron chi connectivity index (χ3n) is 4.65. The maximum atomic E-state index is 12.8. The van der Waals surface area contributed by atoms with Gasteiger partial charge in [-0.1, -0.05) is 60.7 Å². The molecule has 0 spiro atoms. The average molecular weight is 439 g/mol. The molecule has 0 atom stereocenters. The summed E-state index contributed by atoms with van der Waals surface area (Å²) >= 11 is 0. The Morgan fingerprint density at radius 2 is 1.58 bits per heavy atom. The first-order valence-electron chi connectivity index (χ1n) is 10.2. The summed E-state index contributed by atoms with van der Waals surface area (Å²) in [5, 5.41) is 6.60. The number of rotatable bonds is 7. The second-order valence-corrected chi connectivity index (χ2v) is 6.98. The number of amides is 2. The summed E-state index contributed by atoms with van der Waals surface area (Å²) < 4.78 is 10.7. The minimum Gasteiger partial charge on any atom is -0.454 e. The minimum atomic E-state index is -0.568. The van der Waals surface area contributed by atoms with Crippen molar-refractivity contribution in [3.05, 3.63) is 107 Å². The first-order valence-corrected chi connectivity index (χ1v) is 10.2. The minimum absolute atomic E-state index is 0.0342. The second-order valence-electron chi connectivity index (χ2n) is 6.98. The predicted molar refractivity (Wildman–Crippen MR) is 127 cm³/mol. The van der Waals surface area contributed by atoms with Crippen LogP contribution in [0.3, 0.4) is 0 Å². The molecule has 0 saturated carbocycles. The zero-order valence-corrected chi connectivity index (χ0v) is 17.6. The van der Waals surface area contributed by atoms with Gasteiger partial charge in [-0.05, 0) is 47.5 Å². The summed E-state index contributed by atoms with van der Waals surface area (Å²) in [4.78, 5) is 25.4. The van der Waals surface area contributed by atoms with Gasteiger partial charge in [-0.2, -0.15) is 5.10 Å². The van der Waals surface area contributed by atoms with Gasteiger partial charge in [0.1, 0.15) is 5.70 Å². The van der Waals surface area contributed by atoms with Crippen molar-refractivity contribution in [2.24, 2.45) is 5.10 Å². The van der Waals surface area contributed by atoms with Crippen molar-refractivity contribution < 1.29 is 19.1 Å². The molecule has 1 aliphatic heterocycles. The molecule has 1 aliphatic rings. The molecule has 2 N–H and O–H groups in total. The van der Waals surface area contributed by atoms with Gasteiger partial charge in [0.05, 0.1) is 0 Å². The Balaban J connectivity index is 1.50. The Morgan fingerprint density at radius 1 is 0.848 bits per heavy atom. The quantitative estimate of drug-likeness (QED) is 0.331. The maximum Gasteiger partial charge on any atom is 0.287 e. The number of ether oxygens (including phenoxy) is 2. The number of nitrogens with one attached hydrogen (secondary N) is 2. The third-order valence-corrected chi connectivity index (χ3v) is 4.65. The Kier molecular flexibility index (Phi) is 6.92. The highest BCUT2D eigenvalue weighted by Crippen LogP contribution is 2.33. The molecule has 3 aromatic carbocycles. The molecule has 4 rings (SSSR count). The van der Waals surface area contributed by atoms with E-state index in [9.17, 15) is 9.59 Å². The fourth-order valence-electron chi connectivity index (χ4n) is 3.03. The van der Waals surface area contributed by atoms with E-state index in [1.807, 2.05) is 42.5 Å². The number of allylic oxidation sites excluding steroid dienone is 1. The van der Waals surface area contributed by atoms with Crippen LogP contribution in [0.15, 0.2) is 95.7 Å². The van der Waals surface area contributed by atoms with Gasteiger partial charge >= 0.3 is 0 Å². The molecular weight excluding hydrogens is 418 g/mol. The number of nitrogens with zero attached hydrogens (tertiary/aromatic N) is 1. The van der Waals surface area contributed by atoms with Gasteiger partial charge in [-0.25, -0.2) is 5.43 Å². The fraction of sp³-hybridized carbons (Fsp3) is 0.0385. The van der Waals surface area contributed by atoms with E-state index in [-0.39, 0.29) is 12.5 Å². The van der Waals surface area contributed by atoms with Crippen LogP contribution in [0, 0.1) is 0 Å². The van der Waals surface area contributed by atoms with Crippen molar-refractivity contribution in [1.82, 2.24) is 10.7 Å². The lowest BCUT2D eigenvalue weighted by Crippen LogP contribution is -2.32. The standard InChI is InChI=1S/C26H21N3O4/c30-25(21-11-5-2-6-12-21)28-22(16-20-13-14-23-24(17-20)33-18-32-23)26(31)29-27-15-7-10-19-8-3-1-4-9-19/h1-17H,18H2,(H,28,30)(H,29,31)/b10-7+,22-16+,27-15+. The SMILES string of the molecule is O=C(N/N=C/C=C/c1ccccc1)/C(=C\c1ccc2c(c1)OCO2)NC(=O)c1ccccc1. The molecule has 2 amide bonds. The van der Waals surface area contributed by atoms with Crippen LogP contribution in [0.4, 0.5) is 0 Å². The van der Waals surface area contributed by atoms with E-state index in [4.69, 9.17) is 9.47 Å². The van der Waals surface area contributed by atoms with Crippen LogP contribution in [-0.2, 0) is 4.79 Å². The number of hydrazone groups is 1. The lowest BCUT2D eigenvalue weighted by Gasteiger charge is -2.09. The number of hydrogen-bond donors (Lipinski definition) is 2. The van der Waals surface area contributed by atoms with Crippen molar-refractivity contribution in [2.45, 2.75) is 0 Å². The van der Waals surface area contributed by atoms with Gasteiger partial charge < -0.3 is 14.8 Å². The van der Waals surface area contributed by atoms with Gasteiger partial charge in [0, 0.05) is 11.8 Å². The normalized spacial score (nSPS) is 12.8. The van der Waals surface area contributed by atoms with E-state index in [0.29, 0.717) is 22.6 Å². The van der Waals surface area contributed by atoms with Crippen LogP contribution < -0.4 is 20.2 Å². The zero-order valence-electron chi connectivity index (χ0n) is 17.6. The van der Waals surface area contributed by atoms with Crippen molar-refractivity contribution in [3.63, 3.8) is 0 Å². The molecule has 164 valence electrons. The molecule has 0 radical (unpaired) electrons. The van der Waals surface area contributed by atoms with E-state index < -0.39 is 11.8 Å². The van der Waals surface area contributed by atoms with Crippen LogP contribution in [0.1, 0.15) is 21.5 Å². The molecule has 0 bridgehead atoms. The van der Waals surface area contributed by atoms with Gasteiger partial charge in [0.15, 0.2) is 11.5 Å². The maximum absolute atomic E-state index is 12.8. The van der Waals surface area contributed by atoms with Crippen molar-refractivity contribution >= 4 is 30.2 Å². The second kappa shape index (κ2) is 10.6. The molecule has 0 aliphatic carbocycles. The molecule has 3 aromatic rings. The van der Waals surface area contributed by atoms with Crippen LogP contribution in [-0.4, -0.2) is 24.8 Å². The monoisotopic (exact) mass is 439 g/mol. The topological polar surface area (TPSA) is 89.0 Å². The number of carbonyl (C=O) groups is 2. The molecule has 0 aromatic heterocycles. The Bertz CT molecular complexity index is 1220. The van der Waals surface area contributed by atoms with Crippen LogP contribution >= 0.6 is 0 Å². The highest BCUT2D eigenvalue weighted by Gasteiger charge is 2.16. The smallest absolute Gasteiger partial charge is 0.287 e. The fourth-order valence-corrected chi connectivity index (χ4v) is 3.03. The molecule has 1 heterocycles. The number of carbonyl (C=O) groups excluding carboxylic acids is 2. The van der Waals surface area contributed by atoms with Gasteiger partial charge in [-0.15, -0.1) is 0 Å². The van der Waals surface area contributed by atoms with E-state index in [2.05, 4.69) is 15.8 Å². The summed E-state index contributed by atoms with van der Waals surface area (Å²) in [5.41, 5.74) is 4.57. The van der Waals surface area contributed by atoms with Crippen molar-refractivity contribution in [3.8, 4) is 11.5 Å². The summed E-state index contributed by atoms with van der Waals surface area (Å²) in [6.07, 6.45) is 6.57. The molecule has 7 nitrogen and oxygen atoms in total. The molecule has 7 heteroatoms. The summed E-state index contributed by atoms with van der Waals surface area (Å²) in [6, 6.07) is 23.6. The molecule has 0 fully saturated rings. The van der Waals surface area contributed by atoms with Crippen molar-refractivity contribution in [1.29, 1.82) is 0 Å². The summed E-state index contributed by atoms with van der Waals surface area (Å²) in [5.74, 6) is 0.218. The van der Waals surface area contributed by atoms with Crippen LogP contribution in [0.25, 0.3) is 12.2 Å². The van der Waals surface area contributed by atoms with E-state index in [0.717, 1.165) is 5.56 Å². The summed E-state index contributed by atoms with van der Waals surface area (Å²) in [6.45, 7) is 0.145. The zero-order chi connectivity index (χ0) is 22.9. The lowest BCUT2D eigenvalue weighted by atomic mass is 10.1. The van der Waals surface area contributed by atoms with E-state index >= 15 is 0 Å². The van der Waals surface area contributed by atoms with E-state index in [1.54, 1.807) is 54.6 Å². The first-order chi connectivity index (χ1) is 16.2. The Labute approximate surface area is 191 Å². The Hall–Kier alpha value is -4.65. The number of fused-ring (bicyclic) bond motifs is 1. The molecule has 33 heavy (non-hydrogen) atoms. The van der Waals surface area contributed by atoms with Crippen LogP contribution in [0.2, 0.25) is 0 Å². The summed E-state index contributed by atoms with van der Waals surface area (Å²) in [7, 11) is 0. The van der Waals surface area contributed by atoms with Crippen molar-refractivity contribution in [2.75, 3.05) is 6.79 Å². The Morgan fingerprint density at radius 3 is 2.36 bits per heavy atom. The average Bonchev–Trinajstić information content (AvgIpc) is 3.32. The highest BCUT2D eigenvalue weighted by atomic mass is 16.7. The van der Waals surface area contributed by atoms with Crippen LogP contribution in [0.5, 0.6) is 11.5 Å². The number of benzene rings is 3. The largest absolute Gasteiger partial charge is 0.454 e. The molecule has 0 saturated heterocycles. The molecule has 0 unspecified atom stereocenters. The highest BCUT2D eigenvalue weighted by molar-refractivity contribution is 6.05. The van der Waals surface area contributed by atoms with Gasteiger partial charge in [0.25, 0.3) is 11.8 Å². The predicted octanol–water partition coefficient (Wildman–Crippen LogP) is 4.00. The van der Waals surface area contributed by atoms with E-state index in [1.165, 1.54) is 6.21 Å². The first kappa shape index (κ1) is 21.6. The molecular formula is C26H21N3O4.